The number of benzene rings is 2. The Kier molecular flexibility index (Phi) is 4.12. The fraction of sp³-hybridized carbons (Fsp3) is 0.111. The van der Waals surface area contributed by atoms with E-state index < -0.39 is 34.9 Å². The van der Waals surface area contributed by atoms with Gasteiger partial charge in [0.25, 0.3) is 23.4 Å². The van der Waals surface area contributed by atoms with Crippen LogP contribution in [0.5, 0.6) is 0 Å². The molecule has 140 valence electrons. The SMILES string of the molecule is Cn1c(=NC(=O)CN2C(=O)c3cccc([N+](=O)[O-])c3C2=O)sc2ccccc21. The number of imide groups is 1. The van der Waals surface area contributed by atoms with Gasteiger partial charge in [0.15, 0.2) is 4.80 Å². The van der Waals surface area contributed by atoms with Crippen LogP contribution in [0.1, 0.15) is 20.7 Å². The number of para-hydroxylation sites is 1. The standard InChI is InChI=1S/C18H12N4O5S/c1-20-11-6-2-3-8-13(11)28-18(20)19-14(23)9-21-16(24)10-5-4-7-12(22(26)27)15(10)17(21)25/h2-8H,9H2,1H3. The second-order valence-electron chi connectivity index (χ2n) is 6.07. The number of nitro groups is 1. The van der Waals surface area contributed by atoms with Gasteiger partial charge in [-0.15, -0.1) is 0 Å². The van der Waals surface area contributed by atoms with Gasteiger partial charge in [-0.3, -0.25) is 29.4 Å². The van der Waals surface area contributed by atoms with E-state index >= 15 is 0 Å². The van der Waals surface area contributed by atoms with Crippen molar-refractivity contribution < 1.29 is 19.3 Å². The van der Waals surface area contributed by atoms with Crippen LogP contribution in [0.2, 0.25) is 0 Å². The van der Waals surface area contributed by atoms with Gasteiger partial charge in [-0.25, -0.2) is 0 Å². The number of carbonyl (C=O) groups excluding carboxylic acids is 3. The summed E-state index contributed by atoms with van der Waals surface area (Å²) in [4.78, 5) is 52.9. The Bertz CT molecular complexity index is 1260. The lowest BCUT2D eigenvalue weighted by Gasteiger charge is -2.10. The van der Waals surface area contributed by atoms with Crippen LogP contribution in [0.4, 0.5) is 5.69 Å². The zero-order valence-corrected chi connectivity index (χ0v) is 15.3. The van der Waals surface area contributed by atoms with E-state index in [4.69, 9.17) is 0 Å². The van der Waals surface area contributed by atoms with Crippen LogP contribution in [0.15, 0.2) is 47.5 Å². The van der Waals surface area contributed by atoms with Gasteiger partial charge >= 0.3 is 0 Å². The highest BCUT2D eigenvalue weighted by molar-refractivity contribution is 7.16. The van der Waals surface area contributed by atoms with Gasteiger partial charge in [0.05, 0.1) is 20.7 Å². The molecule has 0 saturated carbocycles. The zero-order valence-electron chi connectivity index (χ0n) is 14.5. The molecule has 1 aliphatic heterocycles. The van der Waals surface area contributed by atoms with E-state index in [9.17, 15) is 24.5 Å². The molecule has 4 rings (SSSR count). The number of fused-ring (bicyclic) bond motifs is 2. The molecule has 0 N–H and O–H groups in total. The lowest BCUT2D eigenvalue weighted by Crippen LogP contribution is -2.35. The maximum atomic E-state index is 12.5. The molecule has 3 aromatic rings. The lowest BCUT2D eigenvalue weighted by molar-refractivity contribution is -0.385. The number of hydrogen-bond donors (Lipinski definition) is 0. The minimum absolute atomic E-state index is 0.0839. The number of rotatable bonds is 3. The second kappa shape index (κ2) is 6.50. The van der Waals surface area contributed by atoms with Crippen LogP contribution in [0, 0.1) is 10.1 Å². The summed E-state index contributed by atoms with van der Waals surface area (Å²) in [5.41, 5.74) is 0.0613. The average Bonchev–Trinajstić information content (AvgIpc) is 3.11. The summed E-state index contributed by atoms with van der Waals surface area (Å²) in [5, 5.41) is 11.1. The highest BCUT2D eigenvalue weighted by Crippen LogP contribution is 2.30. The average molecular weight is 396 g/mol. The van der Waals surface area contributed by atoms with Gasteiger partial charge in [0, 0.05) is 13.1 Å². The van der Waals surface area contributed by atoms with Crippen LogP contribution in [-0.2, 0) is 11.8 Å². The van der Waals surface area contributed by atoms with Crippen LogP contribution in [-0.4, -0.2) is 38.7 Å². The Morgan fingerprint density at radius 1 is 1.14 bits per heavy atom. The minimum atomic E-state index is -0.864. The Morgan fingerprint density at radius 2 is 1.89 bits per heavy atom. The molecule has 2 heterocycles. The van der Waals surface area contributed by atoms with Crippen molar-refractivity contribution in [2.45, 2.75) is 0 Å². The van der Waals surface area contributed by atoms with Gasteiger partial charge in [-0.05, 0) is 18.2 Å². The van der Waals surface area contributed by atoms with E-state index in [1.54, 1.807) is 11.6 Å². The summed E-state index contributed by atoms with van der Waals surface area (Å²) in [5.74, 6) is -2.30. The van der Waals surface area contributed by atoms with Crippen molar-refractivity contribution in [3.63, 3.8) is 0 Å². The monoisotopic (exact) mass is 396 g/mol. The van der Waals surface area contributed by atoms with E-state index in [1.165, 1.54) is 23.5 Å². The van der Waals surface area contributed by atoms with Gasteiger partial charge in [0.2, 0.25) is 0 Å². The number of hydrogen-bond acceptors (Lipinski definition) is 6. The summed E-state index contributed by atoms with van der Waals surface area (Å²) in [6.07, 6.45) is 0. The third kappa shape index (κ3) is 2.70. The van der Waals surface area contributed by atoms with Gasteiger partial charge in [-0.2, -0.15) is 4.99 Å². The normalized spacial score (nSPS) is 14.0. The molecule has 10 heteroatoms. The number of aryl methyl sites for hydroxylation is 1. The fourth-order valence-corrected chi connectivity index (χ4v) is 4.11. The molecule has 9 nitrogen and oxygen atoms in total. The van der Waals surface area contributed by atoms with Crippen molar-refractivity contribution in [1.82, 2.24) is 9.47 Å². The maximum absolute atomic E-state index is 12.5. The summed E-state index contributed by atoms with van der Waals surface area (Å²) in [7, 11) is 1.76. The van der Waals surface area contributed by atoms with Crippen LogP contribution in [0.3, 0.4) is 0 Å². The van der Waals surface area contributed by atoms with Crippen LogP contribution < -0.4 is 4.80 Å². The summed E-state index contributed by atoms with van der Waals surface area (Å²) >= 11 is 1.30. The fourth-order valence-electron chi connectivity index (χ4n) is 3.08. The predicted molar refractivity (Wildman–Crippen MR) is 99.8 cm³/mol. The number of nitrogens with zero attached hydrogens (tertiary/aromatic N) is 4. The van der Waals surface area contributed by atoms with E-state index in [2.05, 4.69) is 4.99 Å². The summed E-state index contributed by atoms with van der Waals surface area (Å²) < 4.78 is 2.68. The van der Waals surface area contributed by atoms with Gasteiger partial charge in [-0.1, -0.05) is 29.5 Å². The largest absolute Gasteiger partial charge is 0.319 e. The third-order valence-corrected chi connectivity index (χ3v) is 5.52. The van der Waals surface area contributed by atoms with E-state index in [0.29, 0.717) is 9.70 Å². The number of nitro benzene ring substituents is 1. The molecule has 1 aromatic heterocycles. The molecule has 2 aromatic carbocycles. The number of thiazole rings is 1. The lowest BCUT2D eigenvalue weighted by atomic mass is 10.1. The Morgan fingerprint density at radius 3 is 2.61 bits per heavy atom. The summed E-state index contributed by atoms with van der Waals surface area (Å²) in [6.45, 7) is -0.586. The van der Waals surface area contributed by atoms with Crippen molar-refractivity contribution in [1.29, 1.82) is 0 Å². The van der Waals surface area contributed by atoms with Crippen LogP contribution >= 0.6 is 11.3 Å². The minimum Gasteiger partial charge on any atom is -0.319 e. The molecule has 28 heavy (non-hydrogen) atoms. The molecule has 1 aliphatic rings. The Labute approximate surface area is 161 Å². The predicted octanol–water partition coefficient (Wildman–Crippen LogP) is 1.87. The number of carbonyl (C=O) groups is 3. The molecule has 0 unspecified atom stereocenters. The molecular formula is C18H12N4O5S. The smallest absolute Gasteiger partial charge is 0.282 e. The topological polar surface area (TPSA) is 115 Å². The highest BCUT2D eigenvalue weighted by Gasteiger charge is 2.41. The van der Waals surface area contributed by atoms with Gasteiger partial charge < -0.3 is 4.57 Å². The quantitative estimate of drug-likeness (QED) is 0.381. The van der Waals surface area contributed by atoms with Crippen molar-refractivity contribution in [3.8, 4) is 0 Å². The molecule has 0 aliphatic carbocycles. The zero-order chi connectivity index (χ0) is 20.0. The maximum Gasteiger partial charge on any atom is 0.282 e. The summed E-state index contributed by atoms with van der Waals surface area (Å²) in [6, 6.07) is 11.3. The second-order valence-corrected chi connectivity index (χ2v) is 7.08. The molecule has 0 atom stereocenters. The first-order valence-corrected chi connectivity index (χ1v) is 8.96. The molecular weight excluding hydrogens is 384 g/mol. The molecule has 0 spiro atoms. The number of amides is 3. The van der Waals surface area contributed by atoms with E-state index in [0.717, 1.165) is 16.3 Å². The van der Waals surface area contributed by atoms with Crippen LogP contribution in [0.25, 0.3) is 10.2 Å². The first kappa shape index (κ1) is 17.7. The third-order valence-electron chi connectivity index (χ3n) is 4.40. The van der Waals surface area contributed by atoms with Crippen molar-refractivity contribution in [2.24, 2.45) is 12.0 Å². The molecule has 3 amide bonds. The van der Waals surface area contributed by atoms with Crippen molar-refractivity contribution >= 4 is 45.0 Å². The number of aromatic nitrogens is 1. The first-order chi connectivity index (χ1) is 13.4. The molecule has 0 saturated heterocycles. The Balaban J connectivity index is 1.66. The van der Waals surface area contributed by atoms with Gasteiger partial charge in [0.1, 0.15) is 12.1 Å². The molecule has 0 radical (unpaired) electrons. The van der Waals surface area contributed by atoms with E-state index in [1.807, 2.05) is 24.3 Å². The van der Waals surface area contributed by atoms with Crippen molar-refractivity contribution in [3.05, 3.63) is 68.5 Å². The Hall–Kier alpha value is -3.66. The first-order valence-electron chi connectivity index (χ1n) is 8.14. The molecule has 0 fully saturated rings. The highest BCUT2D eigenvalue weighted by atomic mass is 32.1. The molecule has 0 bridgehead atoms. The van der Waals surface area contributed by atoms with E-state index in [-0.39, 0.29) is 11.1 Å². The van der Waals surface area contributed by atoms with Crippen molar-refractivity contribution in [2.75, 3.05) is 6.54 Å².